The molecule has 4 aromatic rings. The lowest BCUT2D eigenvalue weighted by Gasteiger charge is -2.16. The first-order chi connectivity index (χ1) is 15.1. The Labute approximate surface area is 189 Å². The van der Waals surface area contributed by atoms with Crippen molar-refractivity contribution in [3.05, 3.63) is 118 Å². The van der Waals surface area contributed by atoms with E-state index in [1.54, 1.807) is 0 Å². The standard InChI is InChI=1S/C26H21BrN2O2/c1-18-12-13-21(16-23(18)27)24-15-14-22(31-24)17-28-29-26(30)25(19-8-4-2-5-9-19)20-10-6-3-7-11-20/h2-17,25H,1H3,(H,29,30)/b28-17-. The SMILES string of the molecule is Cc1ccc(-c2ccc(/C=N\NC(=O)C(c3ccccc3)c3ccccc3)o2)cc1Br. The van der Waals surface area contributed by atoms with Gasteiger partial charge in [0, 0.05) is 10.0 Å². The van der Waals surface area contributed by atoms with Gasteiger partial charge in [0.05, 0.1) is 12.1 Å². The molecule has 1 aromatic heterocycles. The maximum atomic E-state index is 13.0. The van der Waals surface area contributed by atoms with E-state index < -0.39 is 5.92 Å². The molecule has 5 heteroatoms. The van der Waals surface area contributed by atoms with Crippen LogP contribution in [0.1, 0.15) is 28.4 Å². The molecule has 1 N–H and O–H groups in total. The lowest BCUT2D eigenvalue weighted by Crippen LogP contribution is -2.26. The second kappa shape index (κ2) is 9.58. The first-order valence-corrected chi connectivity index (χ1v) is 10.7. The monoisotopic (exact) mass is 472 g/mol. The van der Waals surface area contributed by atoms with E-state index in [2.05, 4.69) is 26.5 Å². The Morgan fingerprint density at radius 2 is 1.58 bits per heavy atom. The minimum Gasteiger partial charge on any atom is -0.455 e. The van der Waals surface area contributed by atoms with E-state index in [-0.39, 0.29) is 5.91 Å². The molecule has 31 heavy (non-hydrogen) atoms. The fraction of sp³-hybridized carbons (Fsp3) is 0.0769. The normalized spacial score (nSPS) is 11.2. The van der Waals surface area contributed by atoms with E-state index in [4.69, 9.17) is 4.42 Å². The van der Waals surface area contributed by atoms with Gasteiger partial charge in [-0.15, -0.1) is 0 Å². The van der Waals surface area contributed by atoms with Crippen molar-refractivity contribution in [2.24, 2.45) is 5.10 Å². The van der Waals surface area contributed by atoms with Crippen LogP contribution in [0.3, 0.4) is 0 Å². The van der Waals surface area contributed by atoms with Gasteiger partial charge in [0.15, 0.2) is 0 Å². The average Bonchev–Trinajstić information content (AvgIpc) is 3.26. The molecule has 0 atom stereocenters. The Morgan fingerprint density at radius 3 is 2.19 bits per heavy atom. The molecule has 1 heterocycles. The van der Waals surface area contributed by atoms with Gasteiger partial charge in [0.1, 0.15) is 11.5 Å². The van der Waals surface area contributed by atoms with Crippen molar-refractivity contribution in [2.45, 2.75) is 12.8 Å². The summed E-state index contributed by atoms with van der Waals surface area (Å²) in [6, 6.07) is 29.1. The van der Waals surface area contributed by atoms with E-state index >= 15 is 0 Å². The third kappa shape index (κ3) is 5.01. The van der Waals surface area contributed by atoms with Crippen molar-refractivity contribution in [1.82, 2.24) is 5.43 Å². The zero-order valence-corrected chi connectivity index (χ0v) is 18.5. The molecule has 4 nitrogen and oxygen atoms in total. The van der Waals surface area contributed by atoms with Gasteiger partial charge in [-0.05, 0) is 41.8 Å². The molecular formula is C26H21BrN2O2. The van der Waals surface area contributed by atoms with Gasteiger partial charge in [0.2, 0.25) is 0 Å². The summed E-state index contributed by atoms with van der Waals surface area (Å²) < 4.78 is 6.88. The molecule has 0 saturated carbocycles. The van der Waals surface area contributed by atoms with Crippen molar-refractivity contribution in [3.63, 3.8) is 0 Å². The van der Waals surface area contributed by atoms with E-state index in [0.717, 1.165) is 32.5 Å². The van der Waals surface area contributed by atoms with Crippen LogP contribution in [0, 0.1) is 6.92 Å². The van der Waals surface area contributed by atoms with Crippen molar-refractivity contribution < 1.29 is 9.21 Å². The molecule has 3 aromatic carbocycles. The summed E-state index contributed by atoms with van der Waals surface area (Å²) in [7, 11) is 0. The fourth-order valence-electron chi connectivity index (χ4n) is 3.33. The zero-order valence-electron chi connectivity index (χ0n) is 17.0. The quantitative estimate of drug-likeness (QED) is 0.264. The number of amides is 1. The predicted molar refractivity (Wildman–Crippen MR) is 127 cm³/mol. The summed E-state index contributed by atoms with van der Waals surface area (Å²) in [5.74, 6) is 0.641. The number of rotatable bonds is 6. The second-order valence-electron chi connectivity index (χ2n) is 7.15. The van der Waals surface area contributed by atoms with Gasteiger partial charge >= 0.3 is 0 Å². The van der Waals surface area contributed by atoms with Gasteiger partial charge in [-0.3, -0.25) is 4.79 Å². The number of hydrogen-bond acceptors (Lipinski definition) is 3. The molecule has 0 fully saturated rings. The van der Waals surface area contributed by atoms with Crippen LogP contribution >= 0.6 is 15.9 Å². The van der Waals surface area contributed by atoms with Gasteiger partial charge in [0.25, 0.3) is 5.91 Å². The van der Waals surface area contributed by atoms with Gasteiger partial charge < -0.3 is 4.42 Å². The third-order valence-electron chi connectivity index (χ3n) is 4.98. The van der Waals surface area contributed by atoms with Gasteiger partial charge in [-0.25, -0.2) is 5.43 Å². The van der Waals surface area contributed by atoms with Crippen molar-refractivity contribution >= 4 is 28.1 Å². The van der Waals surface area contributed by atoms with E-state index in [0.29, 0.717) is 5.76 Å². The van der Waals surface area contributed by atoms with Crippen molar-refractivity contribution in [1.29, 1.82) is 0 Å². The number of nitrogens with zero attached hydrogens (tertiary/aromatic N) is 1. The summed E-state index contributed by atoms with van der Waals surface area (Å²) in [5, 5.41) is 4.12. The van der Waals surface area contributed by atoms with Crippen LogP contribution in [0.25, 0.3) is 11.3 Å². The molecule has 0 saturated heterocycles. The Kier molecular flexibility index (Phi) is 6.43. The smallest absolute Gasteiger partial charge is 0.252 e. The number of hydrazone groups is 1. The topological polar surface area (TPSA) is 54.6 Å². The summed E-state index contributed by atoms with van der Waals surface area (Å²) in [4.78, 5) is 13.0. The van der Waals surface area contributed by atoms with E-state index in [9.17, 15) is 4.79 Å². The Bertz CT molecular complexity index is 1160. The molecule has 0 aliphatic heterocycles. The average molecular weight is 473 g/mol. The lowest BCUT2D eigenvalue weighted by atomic mass is 9.91. The highest BCUT2D eigenvalue weighted by atomic mass is 79.9. The van der Waals surface area contributed by atoms with Crippen LogP contribution < -0.4 is 5.43 Å². The Hall–Kier alpha value is -3.44. The number of aryl methyl sites for hydroxylation is 1. The van der Waals surface area contributed by atoms with E-state index in [1.807, 2.05) is 97.9 Å². The Morgan fingerprint density at radius 1 is 0.935 bits per heavy atom. The fourth-order valence-corrected chi connectivity index (χ4v) is 3.71. The minimum atomic E-state index is -0.448. The number of nitrogens with one attached hydrogen (secondary N) is 1. The van der Waals surface area contributed by atoms with Crippen LogP contribution in [0.4, 0.5) is 0 Å². The molecule has 0 aliphatic carbocycles. The number of hydrogen-bond donors (Lipinski definition) is 1. The Balaban J connectivity index is 1.49. The molecule has 154 valence electrons. The highest BCUT2D eigenvalue weighted by molar-refractivity contribution is 9.10. The summed E-state index contributed by atoms with van der Waals surface area (Å²) in [6.45, 7) is 2.04. The minimum absolute atomic E-state index is 0.206. The number of carbonyl (C=O) groups excluding carboxylic acids is 1. The second-order valence-corrected chi connectivity index (χ2v) is 8.01. The van der Waals surface area contributed by atoms with Crippen molar-refractivity contribution in [3.8, 4) is 11.3 Å². The molecule has 0 spiro atoms. The van der Waals surface area contributed by atoms with Crippen LogP contribution in [-0.4, -0.2) is 12.1 Å². The molecule has 0 radical (unpaired) electrons. The summed E-state index contributed by atoms with van der Waals surface area (Å²) >= 11 is 3.54. The highest BCUT2D eigenvalue weighted by Crippen LogP contribution is 2.27. The molecule has 0 aliphatic rings. The van der Waals surface area contributed by atoms with Crippen LogP contribution in [0.15, 0.2) is 105 Å². The maximum Gasteiger partial charge on any atom is 0.252 e. The van der Waals surface area contributed by atoms with E-state index in [1.165, 1.54) is 6.21 Å². The molecule has 4 rings (SSSR count). The zero-order chi connectivity index (χ0) is 21.6. The first kappa shape index (κ1) is 20.8. The summed E-state index contributed by atoms with van der Waals surface area (Å²) in [6.07, 6.45) is 1.51. The number of carbonyl (C=O) groups is 1. The first-order valence-electron chi connectivity index (χ1n) is 9.91. The molecule has 1 amide bonds. The maximum absolute atomic E-state index is 13.0. The van der Waals surface area contributed by atoms with Crippen LogP contribution in [0.2, 0.25) is 0 Å². The molecule has 0 bridgehead atoms. The van der Waals surface area contributed by atoms with Gasteiger partial charge in [-0.1, -0.05) is 88.7 Å². The largest absolute Gasteiger partial charge is 0.455 e. The lowest BCUT2D eigenvalue weighted by molar-refractivity contribution is -0.121. The number of benzene rings is 3. The third-order valence-corrected chi connectivity index (χ3v) is 5.83. The van der Waals surface area contributed by atoms with Crippen LogP contribution in [-0.2, 0) is 4.79 Å². The van der Waals surface area contributed by atoms with Crippen molar-refractivity contribution in [2.75, 3.05) is 0 Å². The molecular weight excluding hydrogens is 452 g/mol. The summed E-state index contributed by atoms with van der Waals surface area (Å²) in [5.41, 5.74) is 6.60. The van der Waals surface area contributed by atoms with Crippen LogP contribution in [0.5, 0.6) is 0 Å². The number of furan rings is 1. The number of halogens is 1. The molecule has 0 unspecified atom stereocenters. The highest BCUT2D eigenvalue weighted by Gasteiger charge is 2.22. The van der Waals surface area contributed by atoms with Gasteiger partial charge in [-0.2, -0.15) is 5.10 Å². The predicted octanol–water partition coefficient (Wildman–Crippen LogP) is 6.30.